The van der Waals surface area contributed by atoms with Crippen molar-refractivity contribution < 1.29 is 13.9 Å². The minimum atomic E-state index is -0.293. The van der Waals surface area contributed by atoms with Crippen molar-refractivity contribution in [3.05, 3.63) is 78.0 Å². The van der Waals surface area contributed by atoms with Crippen LogP contribution in [-0.4, -0.2) is 41.0 Å². The molecule has 1 saturated heterocycles. The Labute approximate surface area is 175 Å². The number of hydrogen-bond donors (Lipinski definition) is 0. The molecule has 0 N–H and O–H groups in total. The van der Waals surface area contributed by atoms with Gasteiger partial charge in [-0.3, -0.25) is 9.78 Å². The summed E-state index contributed by atoms with van der Waals surface area (Å²) in [5, 5.41) is 0. The van der Waals surface area contributed by atoms with Gasteiger partial charge in [0.15, 0.2) is 0 Å². The topological polar surface area (TPSA) is 55.3 Å². The highest BCUT2D eigenvalue weighted by Gasteiger charge is 2.26. The number of rotatable bonds is 5. The molecule has 0 radical (unpaired) electrons. The van der Waals surface area contributed by atoms with Crippen LogP contribution in [0, 0.1) is 5.82 Å². The highest BCUT2D eigenvalue weighted by Crippen LogP contribution is 2.28. The van der Waals surface area contributed by atoms with Crippen LogP contribution in [0.15, 0.2) is 60.9 Å². The molecule has 0 unspecified atom stereocenters. The van der Waals surface area contributed by atoms with E-state index in [2.05, 4.69) is 4.98 Å². The average molecular weight is 405 g/mol. The summed E-state index contributed by atoms with van der Waals surface area (Å²) in [6.07, 6.45) is 5.71. The number of aromatic nitrogens is 2. The number of likely N-dealkylation sites (tertiary alicyclic amines) is 1. The van der Waals surface area contributed by atoms with Gasteiger partial charge in [-0.25, -0.2) is 9.37 Å². The molecule has 1 atom stereocenters. The fraction of sp³-hybridized carbons (Fsp3) is 0.292. The van der Waals surface area contributed by atoms with E-state index in [9.17, 15) is 9.18 Å². The molecule has 1 amide bonds. The summed E-state index contributed by atoms with van der Waals surface area (Å²) in [5.41, 5.74) is 3.46. The first kappa shape index (κ1) is 20.0. The van der Waals surface area contributed by atoms with Crippen molar-refractivity contribution in [1.29, 1.82) is 0 Å². The van der Waals surface area contributed by atoms with Crippen LogP contribution in [0.25, 0.3) is 11.3 Å². The number of halogens is 1. The lowest BCUT2D eigenvalue weighted by Gasteiger charge is -2.32. The van der Waals surface area contributed by atoms with E-state index in [0.717, 1.165) is 47.7 Å². The molecule has 30 heavy (non-hydrogen) atoms. The maximum absolute atomic E-state index is 13.1. The molecule has 0 saturated carbocycles. The standard InChI is InChI=1S/C24H24FN3O2/c1-30-21-6-2-4-18(13-21)22-14-26-15-23(27-22)19-5-3-11-28(16-19)24(29)12-17-7-9-20(25)10-8-17/h2,4,6-10,13-15,19H,3,5,11-12,16H2,1H3/t19-/m1/s1. The molecule has 3 aromatic rings. The lowest BCUT2D eigenvalue weighted by Crippen LogP contribution is -2.40. The number of benzene rings is 2. The van der Waals surface area contributed by atoms with Gasteiger partial charge in [-0.15, -0.1) is 0 Å². The Morgan fingerprint density at radius 2 is 2.03 bits per heavy atom. The first-order chi connectivity index (χ1) is 14.6. The third-order valence-electron chi connectivity index (χ3n) is 5.48. The van der Waals surface area contributed by atoms with E-state index in [1.54, 1.807) is 31.6 Å². The van der Waals surface area contributed by atoms with Crippen LogP contribution < -0.4 is 4.74 Å². The van der Waals surface area contributed by atoms with Crippen molar-refractivity contribution >= 4 is 5.91 Å². The van der Waals surface area contributed by atoms with Crippen molar-refractivity contribution in [2.45, 2.75) is 25.2 Å². The summed E-state index contributed by atoms with van der Waals surface area (Å²) in [6, 6.07) is 13.9. The number of carbonyl (C=O) groups is 1. The van der Waals surface area contributed by atoms with Crippen LogP contribution in [0.1, 0.15) is 30.0 Å². The lowest BCUT2D eigenvalue weighted by molar-refractivity contribution is -0.131. The van der Waals surface area contributed by atoms with E-state index in [-0.39, 0.29) is 24.1 Å². The van der Waals surface area contributed by atoms with Gasteiger partial charge in [0.2, 0.25) is 5.91 Å². The molecule has 1 fully saturated rings. The Morgan fingerprint density at radius 1 is 1.20 bits per heavy atom. The zero-order valence-electron chi connectivity index (χ0n) is 16.9. The number of nitrogens with zero attached hydrogens (tertiary/aromatic N) is 3. The molecule has 0 spiro atoms. The predicted molar refractivity (Wildman–Crippen MR) is 113 cm³/mol. The minimum absolute atomic E-state index is 0.0585. The molecule has 2 aromatic carbocycles. The normalized spacial score (nSPS) is 16.3. The summed E-state index contributed by atoms with van der Waals surface area (Å²) in [5.74, 6) is 0.686. The number of hydrogen-bond acceptors (Lipinski definition) is 4. The summed E-state index contributed by atoms with van der Waals surface area (Å²) in [4.78, 5) is 23.9. The molecule has 0 aliphatic carbocycles. The van der Waals surface area contributed by atoms with Gasteiger partial charge in [0.1, 0.15) is 11.6 Å². The van der Waals surface area contributed by atoms with Gasteiger partial charge in [0, 0.05) is 30.8 Å². The van der Waals surface area contributed by atoms with Gasteiger partial charge < -0.3 is 9.64 Å². The Kier molecular flexibility index (Phi) is 6.02. The van der Waals surface area contributed by atoms with Gasteiger partial charge in [0.05, 0.1) is 31.1 Å². The molecule has 154 valence electrons. The lowest BCUT2D eigenvalue weighted by atomic mass is 9.94. The third kappa shape index (κ3) is 4.64. The fourth-order valence-electron chi connectivity index (χ4n) is 3.83. The van der Waals surface area contributed by atoms with Crippen molar-refractivity contribution in [3.8, 4) is 17.0 Å². The molecule has 1 aromatic heterocycles. The van der Waals surface area contributed by atoms with Gasteiger partial charge in [-0.1, -0.05) is 24.3 Å². The van der Waals surface area contributed by atoms with Crippen molar-refractivity contribution in [2.75, 3.05) is 20.2 Å². The SMILES string of the molecule is COc1cccc(-c2cncc([C@@H]3CCCN(C(=O)Cc4ccc(F)cc4)C3)n2)c1. The third-order valence-corrected chi connectivity index (χ3v) is 5.48. The Balaban J connectivity index is 1.47. The number of amides is 1. The second-order valence-electron chi connectivity index (χ2n) is 7.54. The van der Waals surface area contributed by atoms with Gasteiger partial charge in [-0.05, 0) is 42.7 Å². The molecule has 2 heterocycles. The van der Waals surface area contributed by atoms with E-state index in [4.69, 9.17) is 9.72 Å². The highest BCUT2D eigenvalue weighted by atomic mass is 19.1. The smallest absolute Gasteiger partial charge is 0.227 e. The van der Waals surface area contributed by atoms with Gasteiger partial charge >= 0.3 is 0 Å². The molecular weight excluding hydrogens is 381 g/mol. The Bertz CT molecular complexity index is 1020. The van der Waals surface area contributed by atoms with Gasteiger partial charge in [0.25, 0.3) is 0 Å². The van der Waals surface area contributed by atoms with Crippen LogP contribution in [0.2, 0.25) is 0 Å². The molecule has 6 heteroatoms. The summed E-state index contributed by atoms with van der Waals surface area (Å²) >= 11 is 0. The molecule has 0 bridgehead atoms. The second kappa shape index (κ2) is 9.03. The molecule has 1 aliphatic heterocycles. The van der Waals surface area contributed by atoms with E-state index in [0.29, 0.717) is 6.54 Å². The van der Waals surface area contributed by atoms with Crippen LogP contribution in [0.4, 0.5) is 4.39 Å². The minimum Gasteiger partial charge on any atom is -0.497 e. The summed E-state index contributed by atoms with van der Waals surface area (Å²) in [7, 11) is 1.64. The van der Waals surface area contributed by atoms with Crippen molar-refractivity contribution in [2.24, 2.45) is 0 Å². The first-order valence-corrected chi connectivity index (χ1v) is 10.1. The van der Waals surface area contributed by atoms with E-state index in [1.165, 1.54) is 12.1 Å². The zero-order chi connectivity index (χ0) is 20.9. The van der Waals surface area contributed by atoms with Crippen LogP contribution in [0.3, 0.4) is 0 Å². The van der Waals surface area contributed by atoms with Crippen molar-refractivity contribution in [1.82, 2.24) is 14.9 Å². The quantitative estimate of drug-likeness (QED) is 0.637. The van der Waals surface area contributed by atoms with Crippen LogP contribution >= 0.6 is 0 Å². The number of methoxy groups -OCH3 is 1. The van der Waals surface area contributed by atoms with E-state index in [1.807, 2.05) is 29.2 Å². The fourth-order valence-corrected chi connectivity index (χ4v) is 3.83. The Morgan fingerprint density at radius 3 is 2.83 bits per heavy atom. The maximum atomic E-state index is 13.1. The van der Waals surface area contributed by atoms with E-state index >= 15 is 0 Å². The second-order valence-corrected chi connectivity index (χ2v) is 7.54. The zero-order valence-corrected chi connectivity index (χ0v) is 16.9. The number of ether oxygens (including phenoxy) is 1. The first-order valence-electron chi connectivity index (χ1n) is 10.1. The average Bonchev–Trinajstić information content (AvgIpc) is 2.81. The van der Waals surface area contributed by atoms with Gasteiger partial charge in [-0.2, -0.15) is 0 Å². The molecule has 5 nitrogen and oxygen atoms in total. The number of piperidine rings is 1. The predicted octanol–water partition coefficient (Wildman–Crippen LogP) is 4.24. The van der Waals surface area contributed by atoms with Crippen molar-refractivity contribution in [3.63, 3.8) is 0 Å². The summed E-state index contributed by atoms with van der Waals surface area (Å²) < 4.78 is 18.4. The van der Waals surface area contributed by atoms with Crippen LogP contribution in [0.5, 0.6) is 5.75 Å². The Hall–Kier alpha value is -3.28. The molecular formula is C24H24FN3O2. The highest BCUT2D eigenvalue weighted by molar-refractivity contribution is 5.79. The monoisotopic (exact) mass is 405 g/mol. The van der Waals surface area contributed by atoms with Crippen LogP contribution in [-0.2, 0) is 11.2 Å². The molecule has 1 aliphatic rings. The molecule has 4 rings (SSSR count). The van der Waals surface area contributed by atoms with E-state index < -0.39 is 0 Å². The summed E-state index contributed by atoms with van der Waals surface area (Å²) in [6.45, 7) is 1.36. The largest absolute Gasteiger partial charge is 0.497 e. The number of carbonyl (C=O) groups excluding carboxylic acids is 1. The maximum Gasteiger partial charge on any atom is 0.227 e.